The molecule has 0 radical (unpaired) electrons. The van der Waals surface area contributed by atoms with Gasteiger partial charge in [0.05, 0.1) is 24.3 Å². The summed E-state index contributed by atoms with van der Waals surface area (Å²) < 4.78 is 16.3. The Morgan fingerprint density at radius 3 is 2.72 bits per heavy atom. The number of carbonyl (C=O) groups excluding carboxylic acids is 2. The molecule has 2 fully saturated rings. The SMILES string of the molecule is O=C(c1cc2n(n1)CCN(C(=O)c1cc3cc[nH]c3cc1F)C2)N1CC2CC2C1. The first kappa shape index (κ1) is 16.8. The standard InChI is InChI=1S/C21H20FN5O2/c22-17-8-18-12(1-2-23-18)6-16(17)20(28)25-3-4-27-15(11-25)7-19(24-27)21(29)26-9-13-5-14(13)10-26/h1-2,6-8,13-14,23H,3-5,9-11H2. The van der Waals surface area contributed by atoms with Gasteiger partial charge in [0, 0.05) is 36.7 Å². The van der Waals surface area contributed by atoms with Crippen LogP contribution in [0.4, 0.5) is 4.39 Å². The molecule has 2 unspecified atom stereocenters. The quantitative estimate of drug-likeness (QED) is 0.726. The molecule has 7 nitrogen and oxygen atoms in total. The summed E-state index contributed by atoms with van der Waals surface area (Å²) in [4.78, 5) is 32.1. The predicted molar refractivity (Wildman–Crippen MR) is 103 cm³/mol. The van der Waals surface area contributed by atoms with Gasteiger partial charge in [-0.05, 0) is 42.5 Å². The number of nitrogens with one attached hydrogen (secondary N) is 1. The van der Waals surface area contributed by atoms with Gasteiger partial charge in [-0.15, -0.1) is 0 Å². The van der Waals surface area contributed by atoms with Gasteiger partial charge in [0.2, 0.25) is 0 Å². The van der Waals surface area contributed by atoms with Crippen molar-refractivity contribution < 1.29 is 14.0 Å². The van der Waals surface area contributed by atoms with Crippen LogP contribution < -0.4 is 0 Å². The molecule has 148 valence electrons. The molecule has 2 aromatic heterocycles. The van der Waals surface area contributed by atoms with Crippen LogP contribution in [-0.4, -0.2) is 56.0 Å². The Balaban J connectivity index is 1.23. The molecule has 8 heteroatoms. The molecule has 6 rings (SSSR count). The van der Waals surface area contributed by atoms with Crippen LogP contribution in [0, 0.1) is 17.7 Å². The lowest BCUT2D eigenvalue weighted by molar-refractivity contribution is 0.0698. The number of amides is 2. The highest BCUT2D eigenvalue weighted by Gasteiger charge is 2.47. The van der Waals surface area contributed by atoms with E-state index in [1.165, 1.54) is 12.5 Å². The lowest BCUT2D eigenvalue weighted by atomic mass is 10.1. The minimum Gasteiger partial charge on any atom is -0.361 e. The van der Waals surface area contributed by atoms with Crippen LogP contribution in [0.3, 0.4) is 0 Å². The van der Waals surface area contributed by atoms with Crippen LogP contribution in [-0.2, 0) is 13.1 Å². The van der Waals surface area contributed by atoms with Crippen molar-refractivity contribution in [2.24, 2.45) is 11.8 Å². The Kier molecular flexibility index (Phi) is 3.42. The van der Waals surface area contributed by atoms with Gasteiger partial charge >= 0.3 is 0 Å². The van der Waals surface area contributed by atoms with Crippen molar-refractivity contribution in [3.63, 3.8) is 0 Å². The first-order chi connectivity index (χ1) is 14.1. The minimum atomic E-state index is -0.535. The summed E-state index contributed by atoms with van der Waals surface area (Å²) in [5.74, 6) is 0.451. The van der Waals surface area contributed by atoms with Gasteiger partial charge < -0.3 is 14.8 Å². The Hall–Kier alpha value is -3.16. The number of hydrogen-bond donors (Lipinski definition) is 1. The van der Waals surface area contributed by atoms with E-state index < -0.39 is 5.82 Å². The van der Waals surface area contributed by atoms with Crippen molar-refractivity contribution in [1.82, 2.24) is 24.6 Å². The topological polar surface area (TPSA) is 74.2 Å². The van der Waals surface area contributed by atoms with Gasteiger partial charge in [-0.25, -0.2) is 4.39 Å². The average Bonchev–Trinajstić information content (AvgIpc) is 3.12. The molecular weight excluding hydrogens is 373 g/mol. The van der Waals surface area contributed by atoms with E-state index in [-0.39, 0.29) is 17.4 Å². The molecule has 0 bridgehead atoms. The summed E-state index contributed by atoms with van der Waals surface area (Å²) in [5, 5.41) is 5.26. The van der Waals surface area contributed by atoms with Crippen LogP contribution in [0.1, 0.15) is 33.0 Å². The Labute approximate surface area is 166 Å². The van der Waals surface area contributed by atoms with Gasteiger partial charge in [0.25, 0.3) is 11.8 Å². The van der Waals surface area contributed by atoms with Crippen LogP contribution in [0.5, 0.6) is 0 Å². The van der Waals surface area contributed by atoms with Gasteiger partial charge in [-0.3, -0.25) is 14.3 Å². The summed E-state index contributed by atoms with van der Waals surface area (Å²) in [5.41, 5.74) is 1.98. The molecule has 29 heavy (non-hydrogen) atoms. The van der Waals surface area contributed by atoms with Crippen LogP contribution in [0.2, 0.25) is 0 Å². The number of nitrogens with zero attached hydrogens (tertiary/aromatic N) is 4. The minimum absolute atomic E-state index is 0.0269. The molecule has 3 aromatic rings. The van der Waals surface area contributed by atoms with Crippen molar-refractivity contribution in [3.8, 4) is 0 Å². The first-order valence-electron chi connectivity index (χ1n) is 9.99. The maximum Gasteiger partial charge on any atom is 0.274 e. The summed E-state index contributed by atoms with van der Waals surface area (Å²) in [6.07, 6.45) is 2.96. The van der Waals surface area contributed by atoms with Gasteiger partial charge in [-0.2, -0.15) is 5.10 Å². The summed E-state index contributed by atoms with van der Waals surface area (Å²) in [6, 6.07) is 6.53. The highest BCUT2D eigenvalue weighted by molar-refractivity contribution is 5.98. The molecule has 1 aromatic carbocycles. The van der Waals surface area contributed by atoms with E-state index >= 15 is 0 Å². The molecule has 1 saturated carbocycles. The monoisotopic (exact) mass is 393 g/mol. The van der Waals surface area contributed by atoms with Crippen LogP contribution in [0.15, 0.2) is 30.5 Å². The largest absolute Gasteiger partial charge is 0.361 e. The molecule has 2 aliphatic heterocycles. The fourth-order valence-electron chi connectivity index (χ4n) is 4.68. The number of hydrogen-bond acceptors (Lipinski definition) is 3. The van der Waals surface area contributed by atoms with E-state index in [0.717, 1.165) is 24.2 Å². The van der Waals surface area contributed by atoms with E-state index in [0.29, 0.717) is 42.7 Å². The fourth-order valence-corrected chi connectivity index (χ4v) is 4.68. The van der Waals surface area contributed by atoms with E-state index in [1.807, 2.05) is 11.0 Å². The smallest absolute Gasteiger partial charge is 0.274 e. The molecular formula is C21H20FN5O2. The number of benzene rings is 1. The van der Waals surface area contributed by atoms with Gasteiger partial charge in [-0.1, -0.05) is 0 Å². The maximum absolute atomic E-state index is 14.5. The first-order valence-corrected chi connectivity index (χ1v) is 9.99. The highest BCUT2D eigenvalue weighted by atomic mass is 19.1. The Bertz CT molecular complexity index is 1160. The zero-order chi connectivity index (χ0) is 19.7. The second-order valence-corrected chi connectivity index (χ2v) is 8.33. The van der Waals surface area contributed by atoms with Crippen LogP contribution >= 0.6 is 0 Å². The number of H-pyrrole nitrogens is 1. The maximum atomic E-state index is 14.5. The highest BCUT2D eigenvalue weighted by Crippen LogP contribution is 2.45. The number of carbonyl (C=O) groups is 2. The number of piperidine rings is 1. The average molecular weight is 393 g/mol. The van der Waals surface area contributed by atoms with Crippen molar-refractivity contribution in [1.29, 1.82) is 0 Å². The number of rotatable bonds is 2. The third-order valence-electron chi connectivity index (χ3n) is 6.44. The van der Waals surface area contributed by atoms with E-state index in [4.69, 9.17) is 0 Å². The summed E-state index contributed by atoms with van der Waals surface area (Å²) in [7, 11) is 0. The molecule has 3 aliphatic rings. The second-order valence-electron chi connectivity index (χ2n) is 8.33. The number of fused-ring (bicyclic) bond motifs is 3. The molecule has 1 saturated heterocycles. The molecule has 1 aliphatic carbocycles. The van der Waals surface area contributed by atoms with E-state index in [2.05, 4.69) is 10.1 Å². The zero-order valence-corrected chi connectivity index (χ0v) is 15.8. The third-order valence-corrected chi connectivity index (χ3v) is 6.44. The lowest BCUT2D eigenvalue weighted by Crippen LogP contribution is -2.38. The lowest BCUT2D eigenvalue weighted by Gasteiger charge is -2.27. The fraction of sp³-hybridized carbons (Fsp3) is 0.381. The van der Waals surface area contributed by atoms with Gasteiger partial charge in [0.1, 0.15) is 5.82 Å². The Morgan fingerprint density at radius 1 is 1.07 bits per heavy atom. The van der Waals surface area contributed by atoms with E-state index in [1.54, 1.807) is 27.9 Å². The van der Waals surface area contributed by atoms with Crippen molar-refractivity contribution >= 4 is 22.7 Å². The zero-order valence-electron chi connectivity index (χ0n) is 15.8. The second kappa shape index (κ2) is 5.92. The summed E-state index contributed by atoms with van der Waals surface area (Å²) in [6.45, 7) is 2.90. The molecule has 4 heterocycles. The third kappa shape index (κ3) is 2.66. The number of likely N-dealkylation sites (tertiary alicyclic amines) is 1. The van der Waals surface area contributed by atoms with E-state index in [9.17, 15) is 14.0 Å². The number of aromatic amines is 1. The van der Waals surface area contributed by atoms with Gasteiger partial charge in [0.15, 0.2) is 5.69 Å². The molecule has 2 atom stereocenters. The van der Waals surface area contributed by atoms with Crippen LogP contribution in [0.25, 0.3) is 10.9 Å². The molecule has 0 spiro atoms. The molecule has 2 amide bonds. The predicted octanol–water partition coefficient (Wildman–Crippen LogP) is 2.25. The number of halogens is 1. The number of aromatic nitrogens is 3. The van der Waals surface area contributed by atoms with Crippen molar-refractivity contribution in [3.05, 3.63) is 53.2 Å². The summed E-state index contributed by atoms with van der Waals surface area (Å²) >= 11 is 0. The van der Waals surface area contributed by atoms with Crippen molar-refractivity contribution in [2.45, 2.75) is 19.5 Å². The van der Waals surface area contributed by atoms with Crippen molar-refractivity contribution in [2.75, 3.05) is 19.6 Å². The Morgan fingerprint density at radius 2 is 1.90 bits per heavy atom. The normalized spacial score (nSPS) is 22.7. The molecule has 1 N–H and O–H groups in total.